The van der Waals surface area contributed by atoms with Crippen molar-refractivity contribution >= 4 is 50.6 Å². The molecule has 6 aromatic rings. The van der Waals surface area contributed by atoms with E-state index in [1.807, 2.05) is 88.4 Å². The van der Waals surface area contributed by atoms with Gasteiger partial charge in [0.2, 0.25) is 11.8 Å². The minimum absolute atomic E-state index is 0.0654. The van der Waals surface area contributed by atoms with E-state index in [9.17, 15) is 16.8 Å². The maximum atomic E-state index is 11.4. The molecule has 0 saturated carbocycles. The SMILES string of the molecule is Cc1cc(OCCCS(C)(=O)=O)nc(C)c1-c1cccc(COc2ccc(O[B]Oc3ccc(OCc4cccc(-c5c(C)cc(OCCCS(C)(=O)=O)nc5C)c4)cc3Cl)c(Cl)c2)c1. The zero-order chi connectivity index (χ0) is 46.7. The molecular formula is C48H50BCl2N2O10S2. The van der Waals surface area contributed by atoms with Crippen LogP contribution in [0.1, 0.15) is 46.5 Å². The molecule has 1 radical (unpaired) electrons. The second-order valence-corrected chi connectivity index (χ2v) is 21.0. The van der Waals surface area contributed by atoms with Crippen LogP contribution in [0.2, 0.25) is 10.0 Å². The Bertz CT molecular complexity index is 2630. The van der Waals surface area contributed by atoms with Crippen LogP contribution >= 0.6 is 23.2 Å². The zero-order valence-corrected chi connectivity index (χ0v) is 40.2. The largest absolute Gasteiger partial charge is 0.658 e. The molecule has 12 nitrogen and oxygen atoms in total. The van der Waals surface area contributed by atoms with Crippen LogP contribution in [0.5, 0.6) is 34.8 Å². The summed E-state index contributed by atoms with van der Waals surface area (Å²) >= 11 is 13.1. The zero-order valence-electron chi connectivity index (χ0n) is 37.0. The van der Waals surface area contributed by atoms with Crippen LogP contribution in [-0.2, 0) is 32.9 Å². The van der Waals surface area contributed by atoms with E-state index in [0.717, 1.165) is 63.6 Å². The lowest BCUT2D eigenvalue weighted by atomic mass is 9.98. The van der Waals surface area contributed by atoms with E-state index in [2.05, 4.69) is 9.97 Å². The number of pyridine rings is 2. The van der Waals surface area contributed by atoms with Crippen LogP contribution in [0.4, 0.5) is 0 Å². The number of sulfone groups is 2. The average molecular weight is 961 g/mol. The van der Waals surface area contributed by atoms with Crippen LogP contribution in [0.25, 0.3) is 22.3 Å². The van der Waals surface area contributed by atoms with Gasteiger partial charge < -0.3 is 28.3 Å². The van der Waals surface area contributed by atoms with Crippen molar-refractivity contribution in [2.45, 2.75) is 53.8 Å². The molecule has 0 fully saturated rings. The summed E-state index contributed by atoms with van der Waals surface area (Å²) in [5, 5.41) is 0.634. The second-order valence-electron chi connectivity index (χ2n) is 15.6. The van der Waals surface area contributed by atoms with E-state index in [1.165, 1.54) is 12.5 Å². The predicted molar refractivity (Wildman–Crippen MR) is 257 cm³/mol. The van der Waals surface area contributed by atoms with Gasteiger partial charge in [0.15, 0.2) is 0 Å². The maximum Gasteiger partial charge on any atom is 0.658 e. The minimum atomic E-state index is -3.04. The molecule has 65 heavy (non-hydrogen) atoms. The number of benzene rings is 4. The van der Waals surface area contributed by atoms with Gasteiger partial charge in [-0.3, -0.25) is 0 Å². The molecule has 4 aromatic carbocycles. The van der Waals surface area contributed by atoms with Crippen molar-refractivity contribution < 1.29 is 45.1 Å². The first-order valence-electron chi connectivity index (χ1n) is 20.7. The Kier molecular flexibility index (Phi) is 16.7. The number of hydrogen-bond donors (Lipinski definition) is 0. The Hall–Kier alpha value is -5.48. The summed E-state index contributed by atoms with van der Waals surface area (Å²) in [6.07, 6.45) is 3.22. The molecule has 2 aromatic heterocycles. The second kappa shape index (κ2) is 22.1. The molecule has 0 atom stereocenters. The first kappa shape index (κ1) is 49.0. The molecule has 0 aliphatic carbocycles. The van der Waals surface area contributed by atoms with Gasteiger partial charge in [0.25, 0.3) is 0 Å². The fourth-order valence-electron chi connectivity index (χ4n) is 7.04. The third-order valence-corrected chi connectivity index (χ3v) is 12.6. The summed E-state index contributed by atoms with van der Waals surface area (Å²) < 4.78 is 80.7. The number of ether oxygens (including phenoxy) is 4. The van der Waals surface area contributed by atoms with Gasteiger partial charge in [0.1, 0.15) is 55.9 Å². The number of rotatable bonds is 22. The van der Waals surface area contributed by atoms with Gasteiger partial charge in [-0.25, -0.2) is 26.8 Å². The van der Waals surface area contributed by atoms with Crippen LogP contribution in [0.15, 0.2) is 97.1 Å². The molecule has 17 heteroatoms. The van der Waals surface area contributed by atoms with Gasteiger partial charge in [0.05, 0.1) is 34.8 Å². The van der Waals surface area contributed by atoms with Gasteiger partial charge in [0, 0.05) is 59.3 Å². The fourth-order valence-corrected chi connectivity index (χ4v) is 8.75. The highest BCUT2D eigenvalue weighted by molar-refractivity contribution is 7.90. The minimum Gasteiger partial charge on any atom is -0.525 e. The van der Waals surface area contributed by atoms with Gasteiger partial charge in [-0.1, -0.05) is 59.6 Å². The highest BCUT2D eigenvalue weighted by atomic mass is 35.5. The van der Waals surface area contributed by atoms with E-state index >= 15 is 0 Å². The summed E-state index contributed by atoms with van der Waals surface area (Å²) in [6.45, 7) is 8.94. The quantitative estimate of drug-likeness (QED) is 0.0471. The van der Waals surface area contributed by atoms with Crippen molar-refractivity contribution in [3.63, 3.8) is 0 Å². The van der Waals surface area contributed by atoms with Crippen molar-refractivity contribution in [1.82, 2.24) is 9.97 Å². The van der Waals surface area contributed by atoms with E-state index in [4.69, 9.17) is 51.5 Å². The Labute approximate surface area is 392 Å². The van der Waals surface area contributed by atoms with Gasteiger partial charge in [-0.2, -0.15) is 0 Å². The molecule has 2 heterocycles. The Morgan fingerprint density at radius 1 is 0.538 bits per heavy atom. The number of hydrogen-bond acceptors (Lipinski definition) is 12. The standard InChI is InChI=1S/C48H50BCl2N2O10S2/c1-31-23-45(58-19-9-21-64(5,54)55)52-33(3)47(31)37-13-7-11-35(25-37)29-60-39-15-17-43(41(50)27-39)62-49-63-44-18-16-40(28-42(44)51)61-30-36-12-8-14-38(26-36)48-32(2)24-46(53-34(48)4)59-20-10-22-65(6,56)57/h7-8,11-18,23-28H,9-10,19-22,29-30H2,1-6H3. The highest BCUT2D eigenvalue weighted by Gasteiger charge is 2.15. The van der Waals surface area contributed by atoms with E-state index in [0.29, 0.717) is 70.9 Å². The summed E-state index contributed by atoms with van der Waals surface area (Å²) in [6, 6.07) is 29.9. The van der Waals surface area contributed by atoms with Crippen molar-refractivity contribution in [2.75, 3.05) is 37.2 Å². The number of nitrogens with zero attached hydrogens (tertiary/aromatic N) is 2. The van der Waals surface area contributed by atoms with E-state index in [1.54, 1.807) is 36.4 Å². The number of aromatic nitrogens is 2. The molecule has 0 N–H and O–H groups in total. The summed E-state index contributed by atoms with van der Waals surface area (Å²) in [7, 11) is -4.94. The Morgan fingerprint density at radius 3 is 1.32 bits per heavy atom. The summed E-state index contributed by atoms with van der Waals surface area (Å²) in [5.41, 5.74) is 9.39. The van der Waals surface area contributed by atoms with Crippen LogP contribution in [-0.4, -0.2) is 71.7 Å². The summed E-state index contributed by atoms with van der Waals surface area (Å²) in [5.74, 6) is 2.87. The Morgan fingerprint density at radius 2 is 0.954 bits per heavy atom. The van der Waals surface area contributed by atoms with Gasteiger partial charge in [-0.05, 0) is 110 Å². The van der Waals surface area contributed by atoms with Crippen molar-refractivity contribution in [2.24, 2.45) is 0 Å². The molecule has 0 unspecified atom stereocenters. The molecular weight excluding hydrogens is 910 g/mol. The highest BCUT2D eigenvalue weighted by Crippen LogP contribution is 2.34. The van der Waals surface area contributed by atoms with E-state index in [-0.39, 0.29) is 24.7 Å². The lowest BCUT2D eigenvalue weighted by Gasteiger charge is -2.15. The van der Waals surface area contributed by atoms with Crippen molar-refractivity contribution in [3.8, 4) is 57.0 Å². The predicted octanol–water partition coefficient (Wildman–Crippen LogP) is 10.1. The van der Waals surface area contributed by atoms with Crippen molar-refractivity contribution in [1.29, 1.82) is 0 Å². The van der Waals surface area contributed by atoms with Crippen LogP contribution in [0, 0.1) is 27.7 Å². The normalized spacial score (nSPS) is 11.5. The maximum absolute atomic E-state index is 11.4. The van der Waals surface area contributed by atoms with Crippen LogP contribution < -0.4 is 28.3 Å². The first-order chi connectivity index (χ1) is 30.9. The van der Waals surface area contributed by atoms with Gasteiger partial charge >= 0.3 is 7.69 Å². The average Bonchev–Trinajstić information content (AvgIpc) is 3.23. The van der Waals surface area contributed by atoms with Crippen LogP contribution in [0.3, 0.4) is 0 Å². The number of halogens is 2. The van der Waals surface area contributed by atoms with Gasteiger partial charge in [-0.15, -0.1) is 0 Å². The fraction of sp³-hybridized carbons (Fsp3) is 0.292. The lowest BCUT2D eigenvalue weighted by molar-refractivity contribution is 0.304. The molecule has 0 amide bonds. The summed E-state index contributed by atoms with van der Waals surface area (Å²) in [4.78, 5) is 9.22. The monoisotopic (exact) mass is 959 g/mol. The molecule has 0 bridgehead atoms. The van der Waals surface area contributed by atoms with E-state index < -0.39 is 19.7 Å². The smallest absolute Gasteiger partial charge is 0.525 e. The molecule has 341 valence electrons. The Balaban J connectivity index is 0.970. The van der Waals surface area contributed by atoms with Crippen molar-refractivity contribution in [3.05, 3.63) is 141 Å². The third-order valence-electron chi connectivity index (χ3n) is 9.97. The first-order valence-corrected chi connectivity index (χ1v) is 25.5. The number of aryl methyl sites for hydroxylation is 4. The molecule has 0 aliphatic heterocycles. The molecule has 0 saturated heterocycles. The lowest BCUT2D eigenvalue weighted by Crippen LogP contribution is -2.11. The topological polar surface area (TPSA) is 149 Å². The molecule has 0 aliphatic rings. The third kappa shape index (κ3) is 14.8. The molecule has 0 spiro atoms. The molecule has 6 rings (SSSR count).